The predicted octanol–water partition coefficient (Wildman–Crippen LogP) is 1.63. The van der Waals surface area contributed by atoms with Crippen LogP contribution in [0.25, 0.3) is 0 Å². The molecule has 7 heteroatoms. The zero-order valence-electron chi connectivity index (χ0n) is 13.1. The van der Waals surface area contributed by atoms with Crippen molar-refractivity contribution in [2.75, 3.05) is 6.61 Å². The van der Waals surface area contributed by atoms with E-state index in [9.17, 15) is 10.2 Å². The highest BCUT2D eigenvalue weighted by atomic mass is 32.1. The summed E-state index contributed by atoms with van der Waals surface area (Å²) in [5, 5.41) is 20.3. The fourth-order valence-electron chi connectivity index (χ4n) is 2.23. The summed E-state index contributed by atoms with van der Waals surface area (Å²) in [6, 6.07) is 8.89. The summed E-state index contributed by atoms with van der Waals surface area (Å²) < 4.78 is 21.7. The normalized spacial score (nSPS) is 30.7. The van der Waals surface area contributed by atoms with Gasteiger partial charge in [0.15, 0.2) is 12.4 Å². The van der Waals surface area contributed by atoms with Crippen LogP contribution in [0.4, 0.5) is 0 Å². The van der Waals surface area contributed by atoms with Crippen LogP contribution in [0.3, 0.4) is 0 Å². The monoisotopic (exact) mass is 342 g/mol. The van der Waals surface area contributed by atoms with Crippen LogP contribution in [0.5, 0.6) is 5.75 Å². The molecule has 6 nitrogen and oxygen atoms in total. The van der Waals surface area contributed by atoms with Gasteiger partial charge in [0.25, 0.3) is 0 Å². The van der Waals surface area contributed by atoms with Crippen molar-refractivity contribution in [1.82, 2.24) is 0 Å². The Kier molecular flexibility index (Phi) is 6.73. The molecule has 1 aliphatic heterocycles. The molecule has 2 rings (SSSR count). The Morgan fingerprint density at radius 3 is 2.57 bits per heavy atom. The Balaban J connectivity index is 1.98. The Morgan fingerprint density at radius 2 is 1.91 bits per heavy atom. The lowest BCUT2D eigenvalue weighted by Crippen LogP contribution is -2.59. The SMILES string of the molecule is CCCO[C@H]1O[C@@H](C)[C@@H](O)[C@@H](OC(=S)Oc2ccccc2)[C@@H]1O. The van der Waals surface area contributed by atoms with Gasteiger partial charge >= 0.3 is 5.24 Å². The number of aliphatic hydroxyl groups is 2. The third-order valence-electron chi connectivity index (χ3n) is 3.44. The summed E-state index contributed by atoms with van der Waals surface area (Å²) >= 11 is 5.04. The summed E-state index contributed by atoms with van der Waals surface area (Å²) in [6.07, 6.45) is -3.88. The molecule has 1 heterocycles. The molecular weight excluding hydrogens is 320 g/mol. The van der Waals surface area contributed by atoms with Gasteiger partial charge in [0, 0.05) is 18.8 Å². The molecule has 1 aliphatic rings. The molecule has 0 saturated carbocycles. The highest BCUT2D eigenvalue weighted by Gasteiger charge is 2.45. The second kappa shape index (κ2) is 8.56. The smallest absolute Gasteiger partial charge is 0.358 e. The van der Waals surface area contributed by atoms with Crippen molar-refractivity contribution in [3.63, 3.8) is 0 Å². The minimum absolute atomic E-state index is 0.178. The molecule has 0 aliphatic carbocycles. The zero-order valence-corrected chi connectivity index (χ0v) is 13.9. The molecular formula is C16H22O6S. The van der Waals surface area contributed by atoms with E-state index >= 15 is 0 Å². The number of thiocarbonyl (C=S) groups is 1. The molecule has 5 atom stereocenters. The minimum atomic E-state index is -1.18. The number of hydrogen-bond donors (Lipinski definition) is 2. The van der Waals surface area contributed by atoms with Crippen LogP contribution < -0.4 is 4.74 Å². The summed E-state index contributed by atoms with van der Waals surface area (Å²) in [5.74, 6) is 0.514. The second-order valence-corrected chi connectivity index (χ2v) is 5.64. The van der Waals surface area contributed by atoms with E-state index in [2.05, 4.69) is 0 Å². The van der Waals surface area contributed by atoms with Crippen molar-refractivity contribution < 1.29 is 29.2 Å². The van der Waals surface area contributed by atoms with E-state index in [0.29, 0.717) is 12.4 Å². The molecule has 1 aromatic rings. The van der Waals surface area contributed by atoms with Crippen LogP contribution in [0, 0.1) is 0 Å². The van der Waals surface area contributed by atoms with E-state index in [0.717, 1.165) is 6.42 Å². The third-order valence-corrected chi connectivity index (χ3v) is 3.62. The van der Waals surface area contributed by atoms with Crippen molar-refractivity contribution in [3.05, 3.63) is 30.3 Å². The first kappa shape index (κ1) is 18.1. The average Bonchev–Trinajstić information content (AvgIpc) is 2.54. The number of para-hydroxylation sites is 1. The van der Waals surface area contributed by atoms with Crippen LogP contribution in [-0.4, -0.2) is 52.8 Å². The van der Waals surface area contributed by atoms with Crippen molar-refractivity contribution in [3.8, 4) is 5.75 Å². The second-order valence-electron chi connectivity index (χ2n) is 5.31. The average molecular weight is 342 g/mol. The van der Waals surface area contributed by atoms with Crippen LogP contribution in [0.1, 0.15) is 20.3 Å². The van der Waals surface area contributed by atoms with E-state index in [1.165, 1.54) is 0 Å². The van der Waals surface area contributed by atoms with Crippen molar-refractivity contribution in [1.29, 1.82) is 0 Å². The number of benzene rings is 1. The van der Waals surface area contributed by atoms with Crippen molar-refractivity contribution >= 4 is 17.5 Å². The fraction of sp³-hybridized carbons (Fsp3) is 0.562. The molecule has 0 unspecified atom stereocenters. The summed E-state index contributed by atoms with van der Waals surface area (Å²) in [5.41, 5.74) is 0. The predicted molar refractivity (Wildman–Crippen MR) is 87.1 cm³/mol. The standard InChI is InChI=1S/C16H22O6S/c1-3-9-19-15-13(18)14(12(17)10(2)20-15)22-16(23)21-11-7-5-4-6-8-11/h4-8,10,12-15,17-18H,3,9H2,1-2H3/t10-,12+,13-,14+,15-/m0/s1. The Labute approximate surface area is 140 Å². The van der Waals surface area contributed by atoms with Gasteiger partial charge in [0.05, 0.1) is 6.10 Å². The Bertz CT molecular complexity index is 497. The number of ether oxygens (including phenoxy) is 4. The Hall–Kier alpha value is -1.25. The Morgan fingerprint density at radius 1 is 1.22 bits per heavy atom. The molecule has 0 amide bonds. The van der Waals surface area contributed by atoms with E-state index in [-0.39, 0.29) is 5.24 Å². The summed E-state index contributed by atoms with van der Waals surface area (Å²) in [4.78, 5) is 0. The molecule has 0 spiro atoms. The van der Waals surface area contributed by atoms with Gasteiger partial charge in [0.1, 0.15) is 18.0 Å². The molecule has 23 heavy (non-hydrogen) atoms. The molecule has 0 radical (unpaired) electrons. The van der Waals surface area contributed by atoms with Gasteiger partial charge < -0.3 is 29.2 Å². The maximum absolute atomic E-state index is 10.3. The van der Waals surface area contributed by atoms with Crippen LogP contribution in [0.2, 0.25) is 0 Å². The molecule has 1 saturated heterocycles. The van der Waals surface area contributed by atoms with E-state index in [1.54, 1.807) is 31.2 Å². The number of aliphatic hydroxyl groups excluding tert-OH is 2. The zero-order chi connectivity index (χ0) is 16.8. The topological polar surface area (TPSA) is 77.4 Å². The molecule has 1 fully saturated rings. The highest BCUT2D eigenvalue weighted by molar-refractivity contribution is 7.79. The van der Waals surface area contributed by atoms with Gasteiger partial charge in [-0.15, -0.1) is 0 Å². The first-order chi connectivity index (χ1) is 11.0. The van der Waals surface area contributed by atoms with Gasteiger partial charge in [-0.3, -0.25) is 0 Å². The van der Waals surface area contributed by atoms with Gasteiger partial charge in [0.2, 0.25) is 0 Å². The van der Waals surface area contributed by atoms with Gasteiger partial charge in [-0.05, 0) is 25.5 Å². The lowest BCUT2D eigenvalue weighted by molar-refractivity contribution is -0.291. The van der Waals surface area contributed by atoms with Crippen molar-refractivity contribution in [2.45, 2.75) is 51.0 Å². The molecule has 2 N–H and O–H groups in total. The maximum atomic E-state index is 10.3. The van der Waals surface area contributed by atoms with E-state index in [4.69, 9.17) is 31.2 Å². The minimum Gasteiger partial charge on any atom is -0.447 e. The lowest BCUT2D eigenvalue weighted by Gasteiger charge is -2.40. The van der Waals surface area contributed by atoms with Crippen LogP contribution >= 0.6 is 12.2 Å². The van der Waals surface area contributed by atoms with Crippen LogP contribution in [0.15, 0.2) is 30.3 Å². The lowest BCUT2D eigenvalue weighted by atomic mass is 10.00. The van der Waals surface area contributed by atoms with E-state index < -0.39 is 30.7 Å². The van der Waals surface area contributed by atoms with Crippen molar-refractivity contribution in [2.24, 2.45) is 0 Å². The molecule has 0 aromatic heterocycles. The van der Waals surface area contributed by atoms with Gasteiger partial charge in [-0.1, -0.05) is 25.1 Å². The fourth-order valence-corrected chi connectivity index (χ4v) is 2.44. The van der Waals surface area contributed by atoms with Gasteiger partial charge in [-0.2, -0.15) is 0 Å². The third kappa shape index (κ3) is 4.86. The largest absolute Gasteiger partial charge is 0.447 e. The van der Waals surface area contributed by atoms with E-state index in [1.807, 2.05) is 13.0 Å². The summed E-state index contributed by atoms with van der Waals surface area (Å²) in [6.45, 7) is 4.06. The first-order valence-electron chi connectivity index (χ1n) is 7.59. The molecule has 128 valence electrons. The summed E-state index contributed by atoms with van der Waals surface area (Å²) in [7, 11) is 0. The number of rotatable bonds is 5. The van der Waals surface area contributed by atoms with Gasteiger partial charge in [-0.25, -0.2) is 0 Å². The quantitative estimate of drug-likeness (QED) is 0.788. The first-order valence-corrected chi connectivity index (χ1v) is 8.00. The maximum Gasteiger partial charge on any atom is 0.358 e. The molecule has 1 aromatic carbocycles. The molecule has 0 bridgehead atoms. The van der Waals surface area contributed by atoms with Crippen LogP contribution in [-0.2, 0) is 14.2 Å². The highest BCUT2D eigenvalue weighted by Crippen LogP contribution is 2.25. The number of hydrogen-bond acceptors (Lipinski definition) is 7.